The quantitative estimate of drug-likeness (QED) is 0.303. The number of aromatic nitrogens is 3. The van der Waals surface area contributed by atoms with E-state index in [9.17, 15) is 28.5 Å². The van der Waals surface area contributed by atoms with Crippen LogP contribution in [-0.2, 0) is 0 Å². The third kappa shape index (κ3) is 6.35. The molecular weight excluding hydrogens is 467 g/mol. The van der Waals surface area contributed by atoms with E-state index in [4.69, 9.17) is 16.3 Å². The summed E-state index contributed by atoms with van der Waals surface area (Å²) in [6.45, 7) is -1.74. The lowest BCUT2D eigenvalue weighted by Crippen LogP contribution is -2.36. The fourth-order valence-corrected chi connectivity index (χ4v) is 3.46. The highest BCUT2D eigenvalue weighted by atomic mass is 35.5. The number of pyridine rings is 1. The van der Waals surface area contributed by atoms with Crippen LogP contribution in [0.3, 0.4) is 0 Å². The van der Waals surface area contributed by atoms with Gasteiger partial charge in [0.15, 0.2) is 5.15 Å². The lowest BCUT2D eigenvalue weighted by atomic mass is 10.1. The topological polar surface area (TPSA) is 133 Å². The van der Waals surface area contributed by atoms with Crippen LogP contribution in [0.25, 0.3) is 0 Å². The summed E-state index contributed by atoms with van der Waals surface area (Å²) >= 11 is 6.20. The Balaban J connectivity index is 1.94. The van der Waals surface area contributed by atoms with Gasteiger partial charge in [-0.05, 0) is 12.5 Å². The minimum atomic E-state index is -4.51. The van der Waals surface area contributed by atoms with Crippen molar-refractivity contribution >= 4 is 23.4 Å². The Hall–Kier alpha value is -2.85. The molecule has 0 bridgehead atoms. The molecule has 1 aliphatic carbocycles. The van der Waals surface area contributed by atoms with Crippen molar-refractivity contribution in [2.75, 3.05) is 30.9 Å². The van der Waals surface area contributed by atoms with Gasteiger partial charge < -0.3 is 30.7 Å². The van der Waals surface area contributed by atoms with Gasteiger partial charge >= 0.3 is 6.18 Å². The van der Waals surface area contributed by atoms with E-state index in [1.807, 2.05) is 5.32 Å². The number of ether oxygens (including phenoxy) is 1. The molecule has 2 heterocycles. The van der Waals surface area contributed by atoms with Crippen LogP contribution in [0.15, 0.2) is 18.3 Å². The summed E-state index contributed by atoms with van der Waals surface area (Å²) in [6.07, 6.45) is -5.32. The second-order valence-electron chi connectivity index (χ2n) is 7.28. The van der Waals surface area contributed by atoms with E-state index in [2.05, 4.69) is 32.1 Å². The van der Waals surface area contributed by atoms with Gasteiger partial charge in [0.2, 0.25) is 11.8 Å². The van der Waals surface area contributed by atoms with Crippen molar-refractivity contribution in [3.63, 3.8) is 0 Å². The fraction of sp³-hybridized carbons (Fsp3) is 0.450. The molecule has 3 rings (SSSR count). The van der Waals surface area contributed by atoms with Crippen LogP contribution < -0.4 is 15.4 Å². The average Bonchev–Trinajstić information content (AvgIpc) is 3.05. The van der Waals surface area contributed by atoms with Gasteiger partial charge in [0.1, 0.15) is 24.0 Å². The van der Waals surface area contributed by atoms with Gasteiger partial charge in [0, 0.05) is 30.4 Å². The highest BCUT2D eigenvalue weighted by Crippen LogP contribution is 2.31. The van der Waals surface area contributed by atoms with Crippen molar-refractivity contribution in [1.29, 1.82) is 0 Å². The Morgan fingerprint density at radius 2 is 1.97 bits per heavy atom. The molecule has 0 unspecified atom stereocenters. The van der Waals surface area contributed by atoms with Gasteiger partial charge in [-0.1, -0.05) is 23.4 Å². The van der Waals surface area contributed by atoms with E-state index in [-0.39, 0.29) is 29.6 Å². The van der Waals surface area contributed by atoms with Crippen molar-refractivity contribution < 1.29 is 33.2 Å². The number of hydrogen-bond donors (Lipinski definition) is 5. The summed E-state index contributed by atoms with van der Waals surface area (Å²) in [7, 11) is 1.47. The van der Waals surface area contributed by atoms with E-state index >= 15 is 0 Å². The predicted octanol–water partition coefficient (Wildman–Crippen LogP) is 1.42. The molecule has 4 atom stereocenters. The Kier molecular flexibility index (Phi) is 7.80. The second kappa shape index (κ2) is 10.4. The molecule has 1 aliphatic rings. The van der Waals surface area contributed by atoms with E-state index in [0.29, 0.717) is 11.4 Å². The summed E-state index contributed by atoms with van der Waals surface area (Å²) in [5.41, 5.74) is 0.563. The molecule has 0 radical (unpaired) electrons. The third-order valence-corrected chi connectivity index (χ3v) is 5.22. The largest absolute Gasteiger partial charge is 0.481 e. The van der Waals surface area contributed by atoms with Crippen LogP contribution in [0.4, 0.5) is 24.9 Å². The molecule has 5 N–H and O–H groups in total. The summed E-state index contributed by atoms with van der Waals surface area (Å²) < 4.78 is 42.8. The normalized spacial score (nSPS) is 22.4. The Morgan fingerprint density at radius 1 is 1.21 bits per heavy atom. The molecule has 1 fully saturated rings. The molecule has 0 amide bonds. The Bertz CT molecular complexity index is 1030. The van der Waals surface area contributed by atoms with Crippen molar-refractivity contribution in [2.45, 2.75) is 30.8 Å². The zero-order valence-electron chi connectivity index (χ0n) is 17.3. The molecule has 0 saturated heterocycles. The van der Waals surface area contributed by atoms with Gasteiger partial charge in [0.05, 0.1) is 19.3 Å². The molecule has 0 aliphatic heterocycles. The number of halogens is 4. The van der Waals surface area contributed by atoms with Gasteiger partial charge in [-0.2, -0.15) is 23.1 Å². The van der Waals surface area contributed by atoms with Crippen molar-refractivity contribution in [3.05, 3.63) is 34.6 Å². The SMILES string of the molecule is COc1ccc(C#Cc2c(Cl)nc(NCC(F)(F)F)nc2N[C@@H]2C[C@H](CO)[C@@H](O)[C@H]2O)cn1. The molecule has 1 saturated carbocycles. The van der Waals surface area contributed by atoms with Crippen LogP contribution in [0.1, 0.15) is 17.5 Å². The van der Waals surface area contributed by atoms with Crippen molar-refractivity contribution in [2.24, 2.45) is 5.92 Å². The van der Waals surface area contributed by atoms with E-state index < -0.39 is 42.8 Å². The van der Waals surface area contributed by atoms with E-state index in [1.54, 1.807) is 12.1 Å². The fourth-order valence-electron chi connectivity index (χ4n) is 3.24. The molecule has 33 heavy (non-hydrogen) atoms. The highest BCUT2D eigenvalue weighted by Gasteiger charge is 2.41. The maximum atomic E-state index is 12.6. The van der Waals surface area contributed by atoms with Crippen molar-refractivity contribution in [1.82, 2.24) is 15.0 Å². The summed E-state index contributed by atoms with van der Waals surface area (Å²) in [6, 6.07) is 2.47. The number of rotatable bonds is 6. The summed E-state index contributed by atoms with van der Waals surface area (Å²) in [5.74, 6) is 4.94. The zero-order chi connectivity index (χ0) is 24.2. The third-order valence-electron chi connectivity index (χ3n) is 4.95. The van der Waals surface area contributed by atoms with Crippen LogP contribution >= 0.6 is 11.6 Å². The number of nitrogens with zero attached hydrogens (tertiary/aromatic N) is 3. The molecular formula is C20H21ClF3N5O4. The predicted molar refractivity (Wildman–Crippen MR) is 113 cm³/mol. The van der Waals surface area contributed by atoms with Gasteiger partial charge in [-0.3, -0.25) is 0 Å². The molecule has 0 aromatic carbocycles. The number of aliphatic hydroxyl groups is 3. The summed E-state index contributed by atoms with van der Waals surface area (Å²) in [5, 5.41) is 34.4. The Labute approximate surface area is 192 Å². The standard InChI is InChI=1S/C20H21ClF3N5O4/c1-33-14-5-3-10(7-25-14)2-4-12-17(21)28-19(26-9-20(22,23)24)29-18(12)27-13-6-11(8-30)15(31)16(13)32/h3,5,7,11,13,15-16,30-32H,6,8-9H2,1H3,(H2,26,27,28,29)/t11-,13-,15-,16+/m1/s1. The minimum absolute atomic E-state index is 0.0384. The number of alkyl halides is 3. The minimum Gasteiger partial charge on any atom is -0.481 e. The molecule has 13 heteroatoms. The molecule has 9 nitrogen and oxygen atoms in total. The molecule has 0 spiro atoms. The first kappa shape index (κ1) is 24.8. The van der Waals surface area contributed by atoms with Crippen LogP contribution in [0.2, 0.25) is 5.15 Å². The number of methoxy groups -OCH3 is 1. The van der Waals surface area contributed by atoms with Crippen LogP contribution in [0.5, 0.6) is 5.88 Å². The number of hydrogen-bond acceptors (Lipinski definition) is 9. The van der Waals surface area contributed by atoms with Crippen LogP contribution in [0, 0.1) is 17.8 Å². The highest BCUT2D eigenvalue weighted by molar-refractivity contribution is 6.31. The maximum Gasteiger partial charge on any atom is 0.405 e. The molecule has 2 aromatic heterocycles. The molecule has 2 aromatic rings. The van der Waals surface area contributed by atoms with Gasteiger partial charge in [-0.25, -0.2) is 4.98 Å². The lowest BCUT2D eigenvalue weighted by molar-refractivity contribution is -0.115. The smallest absolute Gasteiger partial charge is 0.405 e. The number of aliphatic hydroxyl groups excluding tert-OH is 3. The van der Waals surface area contributed by atoms with Crippen LogP contribution in [-0.4, -0.2) is 75.0 Å². The van der Waals surface area contributed by atoms with Gasteiger partial charge in [0.25, 0.3) is 0 Å². The second-order valence-corrected chi connectivity index (χ2v) is 7.64. The monoisotopic (exact) mass is 487 g/mol. The Morgan fingerprint density at radius 3 is 2.55 bits per heavy atom. The maximum absolute atomic E-state index is 12.6. The van der Waals surface area contributed by atoms with E-state index in [1.165, 1.54) is 13.3 Å². The average molecular weight is 488 g/mol. The first-order chi connectivity index (χ1) is 15.6. The number of nitrogens with one attached hydrogen (secondary N) is 2. The van der Waals surface area contributed by atoms with Gasteiger partial charge in [-0.15, -0.1) is 0 Å². The summed E-state index contributed by atoms with van der Waals surface area (Å²) in [4.78, 5) is 11.9. The van der Waals surface area contributed by atoms with Crippen molar-refractivity contribution in [3.8, 4) is 17.7 Å². The lowest BCUT2D eigenvalue weighted by Gasteiger charge is -2.20. The first-order valence-corrected chi connectivity index (χ1v) is 10.1. The zero-order valence-corrected chi connectivity index (χ0v) is 18.0. The van der Waals surface area contributed by atoms with E-state index in [0.717, 1.165) is 0 Å². The molecule has 178 valence electrons. The number of anilines is 2. The first-order valence-electron chi connectivity index (χ1n) is 9.75.